The molecule has 0 radical (unpaired) electrons. The van der Waals surface area contributed by atoms with Crippen LogP contribution < -0.4 is 5.32 Å². The molecule has 2 atom stereocenters. The molecule has 1 heterocycles. The van der Waals surface area contributed by atoms with Crippen molar-refractivity contribution in [2.45, 2.75) is 46.0 Å². The maximum atomic E-state index is 11.9. The summed E-state index contributed by atoms with van der Waals surface area (Å²) in [6.07, 6.45) is 6.00. The van der Waals surface area contributed by atoms with Crippen LogP contribution in [0.25, 0.3) is 0 Å². The fourth-order valence-electron chi connectivity index (χ4n) is 2.98. The van der Waals surface area contributed by atoms with Crippen molar-refractivity contribution < 1.29 is 9.53 Å². The summed E-state index contributed by atoms with van der Waals surface area (Å²) >= 11 is 0. The lowest BCUT2D eigenvalue weighted by atomic mass is 9.99. The second kappa shape index (κ2) is 12.1. The molecule has 0 aliphatic carbocycles. The van der Waals surface area contributed by atoms with Gasteiger partial charge in [0.15, 0.2) is 5.96 Å². The number of likely N-dealkylation sites (N-methyl/N-ethyl adjacent to an activating group) is 1. The molecule has 6 nitrogen and oxygen atoms in total. The van der Waals surface area contributed by atoms with Gasteiger partial charge in [-0.2, -0.15) is 0 Å². The standard InChI is InChI=1S/C19H38N4O2/c1-6-8-9-16(7-2)12-20-19(21-13-18(24)22(3)4)23(5)14-17-10-11-25-15-17/h16-17H,6-15H2,1-5H3,(H,20,21). The highest BCUT2D eigenvalue weighted by molar-refractivity contribution is 5.84. The zero-order valence-corrected chi connectivity index (χ0v) is 16.9. The molecule has 0 aromatic rings. The van der Waals surface area contributed by atoms with E-state index < -0.39 is 0 Å². The molecule has 1 amide bonds. The number of nitrogens with one attached hydrogen (secondary N) is 1. The number of carbonyl (C=O) groups is 1. The Morgan fingerprint density at radius 1 is 1.32 bits per heavy atom. The van der Waals surface area contributed by atoms with E-state index >= 15 is 0 Å². The molecule has 0 aromatic carbocycles. The molecule has 0 bridgehead atoms. The lowest BCUT2D eigenvalue weighted by Crippen LogP contribution is -2.44. The molecule has 1 N–H and O–H groups in total. The first-order valence-electron chi connectivity index (χ1n) is 9.75. The van der Waals surface area contributed by atoms with Gasteiger partial charge in [-0.05, 0) is 18.8 Å². The maximum Gasteiger partial charge on any atom is 0.243 e. The van der Waals surface area contributed by atoms with Gasteiger partial charge in [-0.3, -0.25) is 4.79 Å². The Balaban J connectivity index is 2.64. The molecule has 146 valence electrons. The van der Waals surface area contributed by atoms with Gasteiger partial charge >= 0.3 is 0 Å². The van der Waals surface area contributed by atoms with E-state index in [1.54, 1.807) is 19.0 Å². The van der Waals surface area contributed by atoms with Gasteiger partial charge < -0.3 is 19.9 Å². The van der Waals surface area contributed by atoms with E-state index in [1.807, 2.05) is 0 Å². The summed E-state index contributed by atoms with van der Waals surface area (Å²) in [4.78, 5) is 20.2. The van der Waals surface area contributed by atoms with Gasteiger partial charge in [0.2, 0.25) is 5.91 Å². The Morgan fingerprint density at radius 2 is 2.08 bits per heavy atom. The fourth-order valence-corrected chi connectivity index (χ4v) is 2.98. The SMILES string of the molecule is CCCCC(CC)CNC(=NCC(=O)N(C)C)N(C)CC1CCOC1. The van der Waals surface area contributed by atoms with Crippen molar-refractivity contribution >= 4 is 11.9 Å². The van der Waals surface area contributed by atoms with Gasteiger partial charge in [0, 0.05) is 46.8 Å². The predicted octanol–water partition coefficient (Wildman–Crippen LogP) is 2.20. The zero-order chi connectivity index (χ0) is 18.7. The van der Waals surface area contributed by atoms with Gasteiger partial charge in [0.1, 0.15) is 6.54 Å². The minimum atomic E-state index is 0.0231. The molecule has 1 aliphatic rings. The van der Waals surface area contributed by atoms with Crippen molar-refractivity contribution in [1.29, 1.82) is 0 Å². The van der Waals surface area contributed by atoms with Crippen LogP contribution in [0.15, 0.2) is 4.99 Å². The zero-order valence-electron chi connectivity index (χ0n) is 16.9. The Morgan fingerprint density at radius 3 is 2.64 bits per heavy atom. The van der Waals surface area contributed by atoms with E-state index in [0.29, 0.717) is 11.8 Å². The Bertz CT molecular complexity index is 406. The van der Waals surface area contributed by atoms with Crippen molar-refractivity contribution in [3.05, 3.63) is 0 Å². The monoisotopic (exact) mass is 354 g/mol. The van der Waals surface area contributed by atoms with Crippen LogP contribution in [0.4, 0.5) is 0 Å². The Labute approximate surface area is 154 Å². The van der Waals surface area contributed by atoms with Gasteiger partial charge in [-0.1, -0.05) is 33.1 Å². The van der Waals surface area contributed by atoms with Crippen LogP contribution in [-0.2, 0) is 9.53 Å². The summed E-state index contributed by atoms with van der Waals surface area (Å²) < 4.78 is 5.48. The van der Waals surface area contributed by atoms with Crippen LogP contribution >= 0.6 is 0 Å². The first-order valence-corrected chi connectivity index (χ1v) is 9.75. The minimum absolute atomic E-state index is 0.0231. The highest BCUT2D eigenvalue weighted by atomic mass is 16.5. The normalized spacial score (nSPS) is 18.9. The van der Waals surface area contributed by atoms with E-state index in [9.17, 15) is 4.79 Å². The average Bonchev–Trinajstić information content (AvgIpc) is 3.09. The summed E-state index contributed by atoms with van der Waals surface area (Å²) in [5.41, 5.74) is 0. The lowest BCUT2D eigenvalue weighted by Gasteiger charge is -2.26. The number of rotatable bonds is 10. The van der Waals surface area contributed by atoms with Crippen LogP contribution in [0.5, 0.6) is 0 Å². The van der Waals surface area contributed by atoms with Crippen LogP contribution in [0.3, 0.4) is 0 Å². The first-order chi connectivity index (χ1) is 12.0. The molecule has 1 fully saturated rings. The first kappa shape index (κ1) is 21.7. The molecule has 0 aromatic heterocycles. The van der Waals surface area contributed by atoms with Crippen LogP contribution in [0, 0.1) is 11.8 Å². The van der Waals surface area contributed by atoms with Crippen molar-refractivity contribution in [2.24, 2.45) is 16.8 Å². The largest absolute Gasteiger partial charge is 0.381 e. The molecular formula is C19H38N4O2. The third-order valence-corrected chi connectivity index (χ3v) is 4.87. The number of ether oxygens (including phenoxy) is 1. The number of nitrogens with zero attached hydrogens (tertiary/aromatic N) is 3. The Hall–Kier alpha value is -1.30. The molecule has 6 heteroatoms. The fraction of sp³-hybridized carbons (Fsp3) is 0.895. The summed E-state index contributed by atoms with van der Waals surface area (Å²) in [5.74, 6) is 2.05. The molecule has 1 saturated heterocycles. The highest BCUT2D eigenvalue weighted by Crippen LogP contribution is 2.14. The van der Waals surface area contributed by atoms with Crippen molar-refractivity contribution in [2.75, 3.05) is 54.0 Å². The number of hydrogen-bond acceptors (Lipinski definition) is 3. The number of unbranched alkanes of at least 4 members (excludes halogenated alkanes) is 1. The second-order valence-corrected chi connectivity index (χ2v) is 7.34. The van der Waals surface area contributed by atoms with Crippen molar-refractivity contribution in [3.63, 3.8) is 0 Å². The summed E-state index contributed by atoms with van der Waals surface area (Å²) in [6.45, 7) is 8.16. The molecule has 1 rings (SSSR count). The Kier molecular flexibility index (Phi) is 10.5. The van der Waals surface area contributed by atoms with Gasteiger partial charge in [0.05, 0.1) is 6.61 Å². The maximum absolute atomic E-state index is 11.9. The topological polar surface area (TPSA) is 57.2 Å². The van der Waals surface area contributed by atoms with Gasteiger partial charge in [0.25, 0.3) is 0 Å². The van der Waals surface area contributed by atoms with Crippen molar-refractivity contribution in [3.8, 4) is 0 Å². The van der Waals surface area contributed by atoms with E-state index in [1.165, 1.54) is 19.3 Å². The number of aliphatic imine (C=N–C) groups is 1. The molecule has 2 unspecified atom stereocenters. The summed E-state index contributed by atoms with van der Waals surface area (Å²) in [7, 11) is 5.59. The third kappa shape index (κ3) is 8.56. The summed E-state index contributed by atoms with van der Waals surface area (Å²) in [5, 5.41) is 3.51. The van der Waals surface area contributed by atoms with E-state index in [4.69, 9.17) is 4.74 Å². The number of carbonyl (C=O) groups excluding carboxylic acids is 1. The summed E-state index contributed by atoms with van der Waals surface area (Å²) in [6, 6.07) is 0. The smallest absolute Gasteiger partial charge is 0.243 e. The van der Waals surface area contributed by atoms with Gasteiger partial charge in [-0.15, -0.1) is 0 Å². The number of amides is 1. The minimum Gasteiger partial charge on any atom is -0.381 e. The second-order valence-electron chi connectivity index (χ2n) is 7.34. The van der Waals surface area contributed by atoms with Crippen LogP contribution in [-0.4, -0.2) is 75.7 Å². The molecule has 1 aliphatic heterocycles. The molecule has 25 heavy (non-hydrogen) atoms. The number of hydrogen-bond donors (Lipinski definition) is 1. The van der Waals surface area contributed by atoms with Crippen molar-refractivity contribution in [1.82, 2.24) is 15.1 Å². The predicted molar refractivity (Wildman–Crippen MR) is 104 cm³/mol. The number of guanidine groups is 1. The van der Waals surface area contributed by atoms with Crippen LogP contribution in [0.2, 0.25) is 0 Å². The lowest BCUT2D eigenvalue weighted by molar-refractivity contribution is -0.127. The van der Waals surface area contributed by atoms with E-state index in [0.717, 1.165) is 45.1 Å². The third-order valence-electron chi connectivity index (χ3n) is 4.87. The molecule has 0 saturated carbocycles. The molecule has 0 spiro atoms. The average molecular weight is 355 g/mol. The molecular weight excluding hydrogens is 316 g/mol. The van der Waals surface area contributed by atoms with Gasteiger partial charge in [-0.25, -0.2) is 4.99 Å². The quantitative estimate of drug-likeness (QED) is 0.483. The van der Waals surface area contributed by atoms with E-state index in [-0.39, 0.29) is 12.5 Å². The van der Waals surface area contributed by atoms with E-state index in [2.05, 4.69) is 36.1 Å². The highest BCUT2D eigenvalue weighted by Gasteiger charge is 2.20. The van der Waals surface area contributed by atoms with Crippen LogP contribution in [0.1, 0.15) is 46.0 Å².